The predicted molar refractivity (Wildman–Crippen MR) is 99.5 cm³/mol. The molecule has 1 amide bonds. The number of carbonyl (C=O) groups is 2. The van der Waals surface area contributed by atoms with E-state index in [2.05, 4.69) is 27.7 Å². The highest BCUT2D eigenvalue weighted by atomic mass is 35.5. The molecule has 0 rings (SSSR count). The number of halogens is 2. The quantitative estimate of drug-likeness (QED) is 0.661. The number of hydrogen-bond acceptors (Lipinski definition) is 3. The van der Waals surface area contributed by atoms with Crippen molar-refractivity contribution in [3.8, 4) is 0 Å². The molecule has 4 nitrogen and oxygen atoms in total. The Kier molecular flexibility index (Phi) is 23.0. The molecule has 1 N–H and O–H groups in total. The molecule has 0 atom stereocenters. The number of carboxylic acid groups (broad SMARTS) is 1. The average Bonchev–Trinajstić information content (AvgIpc) is 2.36. The molecule has 0 bridgehead atoms. The minimum Gasteiger partial charge on any atom is -0.481 e. The van der Waals surface area contributed by atoms with Crippen LogP contribution in [0.2, 0.25) is 0 Å². The van der Waals surface area contributed by atoms with Gasteiger partial charge in [0, 0.05) is 31.8 Å². The first-order valence-corrected chi connectivity index (χ1v) is 9.40. The SMILES string of the molecule is CC(=O)O.CCSC(=O)N(CC(C)C)CC(C)C.ClCCCl. The molecule has 0 aromatic rings. The van der Waals surface area contributed by atoms with Gasteiger partial charge in [0.2, 0.25) is 0 Å². The first-order valence-electron chi connectivity index (χ1n) is 7.35. The van der Waals surface area contributed by atoms with Gasteiger partial charge in [-0.15, -0.1) is 23.2 Å². The summed E-state index contributed by atoms with van der Waals surface area (Å²) in [6.45, 7) is 13.5. The maximum Gasteiger partial charge on any atom is 0.300 e. The van der Waals surface area contributed by atoms with Crippen LogP contribution < -0.4 is 0 Å². The van der Waals surface area contributed by atoms with E-state index in [9.17, 15) is 4.79 Å². The third kappa shape index (κ3) is 28.1. The topological polar surface area (TPSA) is 57.6 Å². The monoisotopic (exact) mass is 375 g/mol. The van der Waals surface area contributed by atoms with E-state index < -0.39 is 5.97 Å². The fourth-order valence-electron chi connectivity index (χ4n) is 1.32. The first-order chi connectivity index (χ1) is 10.1. The fourth-order valence-corrected chi connectivity index (χ4v) is 1.90. The van der Waals surface area contributed by atoms with Crippen LogP contribution in [0.4, 0.5) is 4.79 Å². The van der Waals surface area contributed by atoms with Gasteiger partial charge in [-0.25, -0.2) is 0 Å². The van der Waals surface area contributed by atoms with Crippen LogP contribution in [-0.4, -0.2) is 51.8 Å². The largest absolute Gasteiger partial charge is 0.481 e. The Labute approximate surface area is 149 Å². The summed E-state index contributed by atoms with van der Waals surface area (Å²) in [5.74, 6) is 2.25. The van der Waals surface area contributed by atoms with Crippen LogP contribution in [0.5, 0.6) is 0 Å². The first kappa shape index (κ1) is 26.8. The summed E-state index contributed by atoms with van der Waals surface area (Å²) >= 11 is 11.5. The maximum atomic E-state index is 11.7. The third-order valence-corrected chi connectivity index (χ3v) is 3.13. The van der Waals surface area contributed by atoms with Crippen molar-refractivity contribution in [2.75, 3.05) is 30.6 Å². The van der Waals surface area contributed by atoms with Gasteiger partial charge in [-0.05, 0) is 17.6 Å². The van der Waals surface area contributed by atoms with E-state index >= 15 is 0 Å². The van der Waals surface area contributed by atoms with E-state index in [4.69, 9.17) is 33.1 Å². The highest BCUT2D eigenvalue weighted by Gasteiger charge is 2.15. The van der Waals surface area contributed by atoms with Crippen LogP contribution in [0.15, 0.2) is 0 Å². The highest BCUT2D eigenvalue weighted by molar-refractivity contribution is 8.13. The van der Waals surface area contributed by atoms with Crippen LogP contribution in [0.25, 0.3) is 0 Å². The molecule has 0 aromatic heterocycles. The summed E-state index contributed by atoms with van der Waals surface area (Å²) in [5, 5.41) is 7.65. The van der Waals surface area contributed by atoms with Crippen molar-refractivity contribution in [3.05, 3.63) is 0 Å². The highest BCUT2D eigenvalue weighted by Crippen LogP contribution is 2.12. The number of hydrogen-bond donors (Lipinski definition) is 1. The zero-order valence-electron chi connectivity index (χ0n) is 14.6. The molecule has 0 aliphatic carbocycles. The normalized spacial score (nSPS) is 9.55. The van der Waals surface area contributed by atoms with E-state index in [0.717, 1.165) is 25.8 Å². The van der Waals surface area contributed by atoms with Crippen molar-refractivity contribution < 1.29 is 14.7 Å². The van der Waals surface area contributed by atoms with Crippen LogP contribution in [0.3, 0.4) is 0 Å². The lowest BCUT2D eigenvalue weighted by Gasteiger charge is -2.25. The van der Waals surface area contributed by atoms with E-state index in [1.54, 1.807) is 0 Å². The molecule has 0 aliphatic heterocycles. The van der Waals surface area contributed by atoms with Crippen LogP contribution >= 0.6 is 35.0 Å². The summed E-state index contributed by atoms with van der Waals surface area (Å²) in [5.41, 5.74) is 0. The number of thioether (sulfide) groups is 1. The van der Waals surface area contributed by atoms with Gasteiger partial charge < -0.3 is 10.0 Å². The standard InChI is InChI=1S/C11H23NOS.C2H4Cl2.C2H4O2/c1-6-14-11(13)12(7-9(2)3)8-10(4)5;3-1-2-4;1-2(3)4/h9-10H,6-8H2,1-5H3;1-2H2;1H3,(H,3,4). The average molecular weight is 376 g/mol. The molecule has 0 spiro atoms. The van der Waals surface area contributed by atoms with Gasteiger partial charge in [0.1, 0.15) is 0 Å². The zero-order valence-corrected chi connectivity index (χ0v) is 16.9. The molecule has 7 heteroatoms. The van der Waals surface area contributed by atoms with E-state index in [1.165, 1.54) is 11.8 Å². The number of alkyl halides is 2. The lowest BCUT2D eigenvalue weighted by molar-refractivity contribution is -0.134. The van der Waals surface area contributed by atoms with Crippen molar-refractivity contribution in [2.45, 2.75) is 41.5 Å². The second-order valence-corrected chi connectivity index (χ2v) is 7.26. The summed E-state index contributed by atoms with van der Waals surface area (Å²) in [4.78, 5) is 22.7. The number of carbonyl (C=O) groups excluding carboxylic acids is 1. The Morgan fingerprint density at radius 2 is 1.36 bits per heavy atom. The number of carboxylic acids is 1. The molecule has 0 radical (unpaired) electrons. The van der Waals surface area contributed by atoms with Crippen molar-refractivity contribution in [3.63, 3.8) is 0 Å². The Hall–Kier alpha value is -0.130. The zero-order chi connectivity index (χ0) is 18.1. The molecular weight excluding hydrogens is 345 g/mol. The molecular formula is C15H31Cl2NO3S. The second kappa shape index (κ2) is 18.9. The Morgan fingerprint density at radius 1 is 1.05 bits per heavy atom. The number of nitrogens with zero attached hydrogens (tertiary/aromatic N) is 1. The van der Waals surface area contributed by atoms with Crippen LogP contribution in [-0.2, 0) is 4.79 Å². The summed E-state index contributed by atoms with van der Waals surface area (Å²) in [6.07, 6.45) is 0. The molecule has 0 saturated carbocycles. The predicted octanol–water partition coefficient (Wildman–Crippen LogP) is 5.03. The van der Waals surface area contributed by atoms with Gasteiger partial charge in [-0.1, -0.05) is 46.4 Å². The minimum absolute atomic E-state index is 0.231. The Balaban J connectivity index is -0.000000372. The van der Waals surface area contributed by atoms with E-state index in [0.29, 0.717) is 23.6 Å². The van der Waals surface area contributed by atoms with Crippen molar-refractivity contribution in [1.82, 2.24) is 4.90 Å². The van der Waals surface area contributed by atoms with Gasteiger partial charge in [0.15, 0.2) is 0 Å². The van der Waals surface area contributed by atoms with E-state index in [-0.39, 0.29) is 5.24 Å². The van der Waals surface area contributed by atoms with Crippen molar-refractivity contribution >= 4 is 46.2 Å². The van der Waals surface area contributed by atoms with Gasteiger partial charge in [0.05, 0.1) is 0 Å². The summed E-state index contributed by atoms with van der Waals surface area (Å²) in [7, 11) is 0. The van der Waals surface area contributed by atoms with Crippen LogP contribution in [0.1, 0.15) is 41.5 Å². The summed E-state index contributed by atoms with van der Waals surface area (Å²) in [6, 6.07) is 0. The molecule has 134 valence electrons. The summed E-state index contributed by atoms with van der Waals surface area (Å²) < 4.78 is 0. The number of amides is 1. The van der Waals surface area contributed by atoms with Gasteiger partial charge in [-0.3, -0.25) is 9.59 Å². The van der Waals surface area contributed by atoms with Crippen LogP contribution in [0, 0.1) is 11.8 Å². The molecule has 0 aromatic carbocycles. The molecule has 0 unspecified atom stereocenters. The fraction of sp³-hybridized carbons (Fsp3) is 0.867. The van der Waals surface area contributed by atoms with Crippen molar-refractivity contribution in [1.29, 1.82) is 0 Å². The van der Waals surface area contributed by atoms with Gasteiger partial charge >= 0.3 is 0 Å². The Bertz CT molecular complexity index is 262. The van der Waals surface area contributed by atoms with Gasteiger partial charge in [-0.2, -0.15) is 0 Å². The lowest BCUT2D eigenvalue weighted by Crippen LogP contribution is -2.34. The number of rotatable bonds is 6. The maximum absolute atomic E-state index is 11.7. The smallest absolute Gasteiger partial charge is 0.300 e. The molecule has 0 saturated heterocycles. The number of aliphatic carboxylic acids is 1. The van der Waals surface area contributed by atoms with Crippen molar-refractivity contribution in [2.24, 2.45) is 11.8 Å². The van der Waals surface area contributed by atoms with E-state index in [1.807, 2.05) is 11.8 Å². The third-order valence-electron chi connectivity index (χ3n) is 1.77. The molecule has 0 aliphatic rings. The molecule has 0 heterocycles. The Morgan fingerprint density at radius 3 is 1.55 bits per heavy atom. The van der Waals surface area contributed by atoms with Gasteiger partial charge in [0.25, 0.3) is 11.2 Å². The lowest BCUT2D eigenvalue weighted by atomic mass is 10.1. The molecule has 22 heavy (non-hydrogen) atoms. The molecule has 0 fully saturated rings. The second-order valence-electron chi connectivity index (χ2n) is 5.29. The minimum atomic E-state index is -0.833.